The number of ether oxygens (including phenoxy) is 2. The maximum absolute atomic E-state index is 5.67. The summed E-state index contributed by atoms with van der Waals surface area (Å²) in [6, 6.07) is 14.4. The van der Waals surface area contributed by atoms with Gasteiger partial charge in [-0.05, 0) is 37.1 Å². The van der Waals surface area contributed by atoms with E-state index in [1.165, 1.54) is 25.7 Å². The third-order valence-electron chi connectivity index (χ3n) is 5.10. The molecule has 0 saturated heterocycles. The maximum atomic E-state index is 5.67. The minimum Gasteiger partial charge on any atom is -0.486 e. The van der Waals surface area contributed by atoms with Gasteiger partial charge >= 0.3 is 0 Å². The second-order valence-corrected chi connectivity index (χ2v) is 7.02. The van der Waals surface area contributed by atoms with Gasteiger partial charge in [-0.1, -0.05) is 25.0 Å². The summed E-state index contributed by atoms with van der Waals surface area (Å²) < 4.78 is 11.3. The number of fused-ring (bicyclic) bond motifs is 2. The van der Waals surface area contributed by atoms with Gasteiger partial charge in [0.05, 0.1) is 5.52 Å². The third-order valence-corrected chi connectivity index (χ3v) is 5.10. The van der Waals surface area contributed by atoms with Gasteiger partial charge < -0.3 is 20.1 Å². The normalized spacial score (nSPS) is 16.4. The number of anilines is 3. The molecule has 3 aromatic rings. The highest BCUT2D eigenvalue weighted by Crippen LogP contribution is 2.34. The summed E-state index contributed by atoms with van der Waals surface area (Å²) in [7, 11) is 0. The molecule has 5 rings (SSSR count). The van der Waals surface area contributed by atoms with Gasteiger partial charge in [0.2, 0.25) is 5.95 Å². The van der Waals surface area contributed by atoms with Crippen LogP contribution in [0.15, 0.2) is 42.5 Å². The molecule has 2 N–H and O–H groups in total. The number of benzene rings is 2. The van der Waals surface area contributed by atoms with E-state index >= 15 is 0 Å². The second kappa shape index (κ2) is 6.95. The van der Waals surface area contributed by atoms with Crippen LogP contribution in [0.5, 0.6) is 11.5 Å². The van der Waals surface area contributed by atoms with E-state index in [-0.39, 0.29) is 0 Å². The summed E-state index contributed by atoms with van der Waals surface area (Å²) >= 11 is 0. The summed E-state index contributed by atoms with van der Waals surface area (Å²) in [4.78, 5) is 9.45. The van der Waals surface area contributed by atoms with E-state index in [0.717, 1.165) is 33.9 Å². The number of para-hydroxylation sites is 1. The van der Waals surface area contributed by atoms with E-state index in [1.54, 1.807) is 0 Å². The van der Waals surface area contributed by atoms with Gasteiger partial charge in [-0.15, -0.1) is 0 Å². The molecule has 0 spiro atoms. The van der Waals surface area contributed by atoms with Crippen molar-refractivity contribution in [2.24, 2.45) is 0 Å². The molecule has 138 valence electrons. The van der Waals surface area contributed by atoms with Gasteiger partial charge in [-0.3, -0.25) is 0 Å². The fourth-order valence-corrected chi connectivity index (χ4v) is 3.76. The molecular weight excluding hydrogens is 340 g/mol. The highest BCUT2D eigenvalue weighted by atomic mass is 16.6. The first kappa shape index (κ1) is 16.2. The Labute approximate surface area is 157 Å². The number of hydrogen-bond donors (Lipinski definition) is 2. The Bertz CT molecular complexity index is 970. The van der Waals surface area contributed by atoms with Crippen molar-refractivity contribution in [1.29, 1.82) is 0 Å². The topological polar surface area (TPSA) is 68.3 Å². The Hall–Kier alpha value is -3.02. The van der Waals surface area contributed by atoms with Crippen LogP contribution in [0.25, 0.3) is 10.9 Å². The minimum atomic E-state index is 0.491. The first-order valence-electron chi connectivity index (χ1n) is 9.55. The Balaban J connectivity index is 1.47. The van der Waals surface area contributed by atoms with Crippen LogP contribution in [-0.4, -0.2) is 29.2 Å². The lowest BCUT2D eigenvalue weighted by molar-refractivity contribution is 0.171. The monoisotopic (exact) mass is 362 g/mol. The third kappa shape index (κ3) is 3.35. The molecule has 6 nitrogen and oxygen atoms in total. The zero-order valence-electron chi connectivity index (χ0n) is 15.1. The van der Waals surface area contributed by atoms with E-state index < -0.39 is 0 Å². The van der Waals surface area contributed by atoms with Crippen molar-refractivity contribution in [3.63, 3.8) is 0 Å². The molecule has 0 radical (unpaired) electrons. The Morgan fingerprint density at radius 1 is 0.889 bits per heavy atom. The summed E-state index contributed by atoms with van der Waals surface area (Å²) in [5.41, 5.74) is 1.80. The van der Waals surface area contributed by atoms with E-state index in [1.807, 2.05) is 36.4 Å². The fourth-order valence-electron chi connectivity index (χ4n) is 3.76. The lowest BCUT2D eigenvalue weighted by atomic mass is 10.2. The van der Waals surface area contributed by atoms with E-state index in [4.69, 9.17) is 14.5 Å². The van der Waals surface area contributed by atoms with Crippen molar-refractivity contribution < 1.29 is 9.47 Å². The lowest BCUT2D eigenvalue weighted by Gasteiger charge is -2.19. The first-order valence-corrected chi connectivity index (χ1v) is 9.55. The standard InChI is InChI=1S/C21H22N4O2/c1-2-6-14(5-1)22-20-16-7-3-4-8-17(16)24-21(25-20)23-15-9-10-18-19(13-15)27-12-11-26-18/h3-4,7-10,13-14H,1-2,5-6,11-12H2,(H2,22,23,24,25). The van der Waals surface area contributed by atoms with Crippen molar-refractivity contribution in [3.8, 4) is 11.5 Å². The van der Waals surface area contributed by atoms with E-state index in [0.29, 0.717) is 25.2 Å². The molecule has 2 aliphatic rings. The summed E-state index contributed by atoms with van der Waals surface area (Å²) in [6.07, 6.45) is 4.96. The molecule has 6 heteroatoms. The lowest BCUT2D eigenvalue weighted by Crippen LogP contribution is -2.16. The molecule has 1 aliphatic carbocycles. The predicted molar refractivity (Wildman–Crippen MR) is 106 cm³/mol. The van der Waals surface area contributed by atoms with Gasteiger partial charge in [0, 0.05) is 23.2 Å². The maximum Gasteiger partial charge on any atom is 0.229 e. The highest BCUT2D eigenvalue weighted by Gasteiger charge is 2.18. The fraction of sp³-hybridized carbons (Fsp3) is 0.333. The highest BCUT2D eigenvalue weighted by molar-refractivity contribution is 5.90. The molecule has 0 unspecified atom stereocenters. The summed E-state index contributed by atoms with van der Waals surface area (Å²) in [5, 5.41) is 7.99. The number of rotatable bonds is 4. The van der Waals surface area contributed by atoms with Crippen molar-refractivity contribution in [2.45, 2.75) is 31.7 Å². The van der Waals surface area contributed by atoms with Crippen LogP contribution in [-0.2, 0) is 0 Å². The first-order chi connectivity index (χ1) is 13.3. The molecule has 0 amide bonds. The van der Waals surface area contributed by atoms with Gasteiger partial charge in [0.25, 0.3) is 0 Å². The molecule has 27 heavy (non-hydrogen) atoms. The Kier molecular flexibility index (Phi) is 4.16. The second-order valence-electron chi connectivity index (χ2n) is 7.02. The van der Waals surface area contributed by atoms with Crippen LogP contribution in [0.2, 0.25) is 0 Å². The molecule has 0 bridgehead atoms. The van der Waals surface area contributed by atoms with Gasteiger partial charge in [-0.2, -0.15) is 4.98 Å². The number of nitrogens with one attached hydrogen (secondary N) is 2. The average molecular weight is 362 g/mol. The zero-order valence-corrected chi connectivity index (χ0v) is 15.1. The molecule has 0 atom stereocenters. The van der Waals surface area contributed by atoms with E-state index in [9.17, 15) is 0 Å². The Morgan fingerprint density at radius 3 is 2.59 bits per heavy atom. The van der Waals surface area contributed by atoms with Crippen LogP contribution in [0.1, 0.15) is 25.7 Å². The number of aromatic nitrogens is 2. The van der Waals surface area contributed by atoms with Gasteiger partial charge in [-0.25, -0.2) is 4.98 Å². The molecule has 1 aromatic heterocycles. The molecule has 1 saturated carbocycles. The van der Waals surface area contributed by atoms with Crippen LogP contribution in [0.4, 0.5) is 17.5 Å². The van der Waals surface area contributed by atoms with Gasteiger partial charge in [0.15, 0.2) is 11.5 Å². The zero-order chi connectivity index (χ0) is 18.1. The number of hydrogen-bond acceptors (Lipinski definition) is 6. The van der Waals surface area contributed by atoms with Gasteiger partial charge in [0.1, 0.15) is 19.0 Å². The van der Waals surface area contributed by atoms with Crippen LogP contribution < -0.4 is 20.1 Å². The summed E-state index contributed by atoms with van der Waals surface area (Å²) in [6.45, 7) is 1.15. The minimum absolute atomic E-state index is 0.491. The van der Waals surface area contributed by atoms with Crippen molar-refractivity contribution in [2.75, 3.05) is 23.8 Å². The quantitative estimate of drug-likeness (QED) is 0.712. The van der Waals surface area contributed by atoms with Crippen molar-refractivity contribution in [3.05, 3.63) is 42.5 Å². The summed E-state index contributed by atoms with van der Waals surface area (Å²) in [5.74, 6) is 2.99. The molecule has 1 aliphatic heterocycles. The molecule has 1 fully saturated rings. The molecule has 2 aromatic carbocycles. The molecule has 2 heterocycles. The SMILES string of the molecule is c1ccc2c(NC3CCCC3)nc(Nc3ccc4c(c3)OCCO4)nc2c1. The Morgan fingerprint density at radius 2 is 1.70 bits per heavy atom. The molecular formula is C21H22N4O2. The van der Waals surface area contributed by atoms with Crippen molar-refractivity contribution in [1.82, 2.24) is 9.97 Å². The van der Waals surface area contributed by atoms with Crippen molar-refractivity contribution >= 4 is 28.4 Å². The van der Waals surface area contributed by atoms with Crippen LogP contribution in [0, 0.1) is 0 Å². The largest absolute Gasteiger partial charge is 0.486 e. The van der Waals surface area contributed by atoms with E-state index in [2.05, 4.69) is 21.7 Å². The van der Waals surface area contributed by atoms with Crippen LogP contribution in [0.3, 0.4) is 0 Å². The number of nitrogens with zero attached hydrogens (tertiary/aromatic N) is 2. The predicted octanol–water partition coefficient (Wildman–Crippen LogP) is 4.50. The average Bonchev–Trinajstić information content (AvgIpc) is 3.21. The smallest absolute Gasteiger partial charge is 0.229 e. The van der Waals surface area contributed by atoms with Crippen LogP contribution >= 0.6 is 0 Å².